The van der Waals surface area contributed by atoms with Gasteiger partial charge in [0.1, 0.15) is 10.7 Å². The lowest BCUT2D eigenvalue weighted by Gasteiger charge is -2.12. The molecule has 0 spiro atoms. The third-order valence-electron chi connectivity index (χ3n) is 2.51. The second-order valence-corrected chi connectivity index (χ2v) is 5.89. The first-order valence-electron chi connectivity index (χ1n) is 5.52. The Bertz CT molecular complexity index is 505. The van der Waals surface area contributed by atoms with E-state index in [9.17, 15) is 12.8 Å². The van der Waals surface area contributed by atoms with Crippen LogP contribution in [-0.2, 0) is 10.0 Å². The molecule has 0 bridgehead atoms. The van der Waals surface area contributed by atoms with Crippen molar-refractivity contribution in [3.05, 3.63) is 24.0 Å². The Morgan fingerprint density at radius 2 is 2.17 bits per heavy atom. The molecule has 7 heteroatoms. The number of sulfonamides is 1. The van der Waals surface area contributed by atoms with E-state index in [2.05, 4.69) is 4.72 Å². The highest BCUT2D eigenvalue weighted by atomic mass is 32.2. The van der Waals surface area contributed by atoms with E-state index in [0.717, 1.165) is 18.2 Å². The molecule has 5 nitrogen and oxygen atoms in total. The average Bonchev–Trinajstić information content (AvgIpc) is 2.26. The zero-order chi connectivity index (χ0) is 13.8. The van der Waals surface area contributed by atoms with Gasteiger partial charge in [-0.25, -0.2) is 17.5 Å². The summed E-state index contributed by atoms with van der Waals surface area (Å²) >= 11 is 0. The Kier molecular flexibility index (Phi) is 5.06. The number of nitrogen functional groups attached to an aromatic ring is 1. The fraction of sp³-hybridized carbons (Fsp3) is 0.455. The minimum Gasteiger partial charge on any atom is -0.398 e. The molecule has 1 unspecified atom stereocenters. The molecule has 0 amide bonds. The van der Waals surface area contributed by atoms with E-state index in [1.54, 1.807) is 0 Å². The summed E-state index contributed by atoms with van der Waals surface area (Å²) in [6, 6.07) is 3.14. The van der Waals surface area contributed by atoms with Crippen molar-refractivity contribution in [3.63, 3.8) is 0 Å². The van der Waals surface area contributed by atoms with Crippen LogP contribution < -0.4 is 10.5 Å². The molecule has 0 saturated heterocycles. The Hall–Kier alpha value is -1.18. The van der Waals surface area contributed by atoms with E-state index in [0.29, 0.717) is 6.42 Å². The van der Waals surface area contributed by atoms with E-state index in [-0.39, 0.29) is 29.7 Å². The van der Waals surface area contributed by atoms with Crippen LogP contribution in [0.15, 0.2) is 23.1 Å². The van der Waals surface area contributed by atoms with Crippen molar-refractivity contribution in [1.82, 2.24) is 4.72 Å². The van der Waals surface area contributed by atoms with Crippen molar-refractivity contribution in [2.75, 3.05) is 18.9 Å². The fourth-order valence-electron chi connectivity index (χ4n) is 1.42. The summed E-state index contributed by atoms with van der Waals surface area (Å²) in [6.45, 7) is 2.01. The lowest BCUT2D eigenvalue weighted by Crippen LogP contribution is -2.29. The molecule has 0 fully saturated rings. The van der Waals surface area contributed by atoms with Gasteiger partial charge in [0.05, 0.1) is 5.69 Å². The molecule has 0 aliphatic heterocycles. The summed E-state index contributed by atoms with van der Waals surface area (Å²) in [5.41, 5.74) is 5.35. The lowest BCUT2D eigenvalue weighted by atomic mass is 10.1. The predicted octanol–water partition coefficient (Wildman–Crippen LogP) is 0.705. The topological polar surface area (TPSA) is 92.4 Å². The quantitative estimate of drug-likeness (QED) is 0.667. The second-order valence-electron chi connectivity index (χ2n) is 4.15. The molecule has 102 valence electrons. The van der Waals surface area contributed by atoms with Gasteiger partial charge in [0.2, 0.25) is 10.0 Å². The number of benzene rings is 1. The van der Waals surface area contributed by atoms with Crippen molar-refractivity contribution in [2.24, 2.45) is 5.92 Å². The smallest absolute Gasteiger partial charge is 0.242 e. The van der Waals surface area contributed by atoms with Crippen LogP contribution in [0.3, 0.4) is 0 Å². The molecule has 4 N–H and O–H groups in total. The van der Waals surface area contributed by atoms with E-state index in [4.69, 9.17) is 10.8 Å². The number of aliphatic hydroxyl groups is 1. The van der Waals surface area contributed by atoms with Gasteiger partial charge in [-0.15, -0.1) is 0 Å². The molecule has 0 saturated carbocycles. The van der Waals surface area contributed by atoms with Gasteiger partial charge in [-0.2, -0.15) is 0 Å². The van der Waals surface area contributed by atoms with Gasteiger partial charge in [-0.3, -0.25) is 0 Å². The van der Waals surface area contributed by atoms with Gasteiger partial charge < -0.3 is 10.8 Å². The van der Waals surface area contributed by atoms with Crippen molar-refractivity contribution in [1.29, 1.82) is 0 Å². The van der Waals surface area contributed by atoms with Gasteiger partial charge in [-0.05, 0) is 30.5 Å². The van der Waals surface area contributed by atoms with Crippen LogP contribution >= 0.6 is 0 Å². The standard InChI is InChI=1S/C11H17FN2O3S/c1-8(4-5-15)7-14-18(16,17)11-3-2-9(12)6-10(11)13/h2-3,6,8,14-15H,4-5,7,13H2,1H3. The molecule has 0 aliphatic carbocycles. The summed E-state index contributed by atoms with van der Waals surface area (Å²) in [6.07, 6.45) is 0.501. The molecule has 0 radical (unpaired) electrons. The minimum atomic E-state index is -3.74. The van der Waals surface area contributed by atoms with Gasteiger partial charge >= 0.3 is 0 Å². The lowest BCUT2D eigenvalue weighted by molar-refractivity contribution is 0.263. The maximum absolute atomic E-state index is 12.8. The molecule has 1 aromatic carbocycles. The van der Waals surface area contributed by atoms with Crippen LogP contribution in [0.4, 0.5) is 10.1 Å². The van der Waals surface area contributed by atoms with Gasteiger partial charge in [-0.1, -0.05) is 6.92 Å². The molecule has 0 aromatic heterocycles. The largest absolute Gasteiger partial charge is 0.398 e. The highest BCUT2D eigenvalue weighted by Gasteiger charge is 2.18. The number of nitrogens with one attached hydrogen (secondary N) is 1. The first-order chi connectivity index (χ1) is 8.36. The third kappa shape index (κ3) is 3.94. The number of hydrogen-bond acceptors (Lipinski definition) is 4. The zero-order valence-electron chi connectivity index (χ0n) is 10.1. The van der Waals surface area contributed by atoms with Gasteiger partial charge in [0, 0.05) is 13.2 Å². The monoisotopic (exact) mass is 276 g/mol. The van der Waals surface area contributed by atoms with Crippen LogP contribution in [0.2, 0.25) is 0 Å². The second kappa shape index (κ2) is 6.12. The fourth-order valence-corrected chi connectivity index (χ4v) is 2.69. The number of aliphatic hydroxyl groups excluding tert-OH is 1. The number of halogens is 1. The number of hydrogen-bond donors (Lipinski definition) is 3. The van der Waals surface area contributed by atoms with E-state index < -0.39 is 15.8 Å². The first-order valence-corrected chi connectivity index (χ1v) is 7.00. The van der Waals surface area contributed by atoms with Gasteiger partial charge in [0.25, 0.3) is 0 Å². The summed E-state index contributed by atoms with van der Waals surface area (Å²) in [5, 5.41) is 8.72. The maximum Gasteiger partial charge on any atom is 0.242 e. The Balaban J connectivity index is 2.80. The van der Waals surface area contributed by atoms with Gasteiger partial charge in [0.15, 0.2) is 0 Å². The van der Waals surface area contributed by atoms with Crippen molar-refractivity contribution in [2.45, 2.75) is 18.2 Å². The van der Waals surface area contributed by atoms with Crippen LogP contribution in [0, 0.1) is 11.7 Å². The first kappa shape index (κ1) is 14.9. The maximum atomic E-state index is 12.8. The number of nitrogens with two attached hydrogens (primary N) is 1. The summed E-state index contributed by atoms with van der Waals surface area (Å²) in [5.74, 6) is -0.577. The molecule has 0 heterocycles. The Morgan fingerprint density at radius 3 is 2.72 bits per heavy atom. The van der Waals surface area contributed by atoms with E-state index in [1.165, 1.54) is 0 Å². The molecule has 0 aliphatic rings. The van der Waals surface area contributed by atoms with E-state index >= 15 is 0 Å². The minimum absolute atomic E-state index is 0.00157. The molecular weight excluding hydrogens is 259 g/mol. The van der Waals surface area contributed by atoms with Crippen molar-refractivity contribution < 1.29 is 17.9 Å². The zero-order valence-corrected chi connectivity index (χ0v) is 10.9. The summed E-state index contributed by atoms with van der Waals surface area (Å²) < 4.78 is 39.0. The van der Waals surface area contributed by atoms with E-state index in [1.807, 2.05) is 6.92 Å². The highest BCUT2D eigenvalue weighted by molar-refractivity contribution is 7.89. The average molecular weight is 276 g/mol. The van der Waals surface area contributed by atoms with Crippen LogP contribution in [0.1, 0.15) is 13.3 Å². The molecule has 1 aromatic rings. The molecular formula is C11H17FN2O3S. The SMILES string of the molecule is CC(CCO)CNS(=O)(=O)c1ccc(F)cc1N. The van der Waals surface area contributed by atoms with Crippen LogP contribution in [0.5, 0.6) is 0 Å². The highest BCUT2D eigenvalue weighted by Crippen LogP contribution is 2.19. The normalized spacial score (nSPS) is 13.5. The summed E-state index contributed by atoms with van der Waals surface area (Å²) in [7, 11) is -3.74. The Morgan fingerprint density at radius 1 is 1.50 bits per heavy atom. The van der Waals surface area contributed by atoms with Crippen molar-refractivity contribution in [3.8, 4) is 0 Å². The van der Waals surface area contributed by atoms with Crippen molar-refractivity contribution >= 4 is 15.7 Å². The molecule has 18 heavy (non-hydrogen) atoms. The summed E-state index contributed by atoms with van der Waals surface area (Å²) in [4.78, 5) is -0.139. The molecule has 1 rings (SSSR count). The number of rotatable bonds is 6. The molecule has 1 atom stereocenters. The third-order valence-corrected chi connectivity index (χ3v) is 4.00. The number of anilines is 1. The Labute approximate surface area is 106 Å². The van der Waals surface area contributed by atoms with Crippen LogP contribution in [0.25, 0.3) is 0 Å². The predicted molar refractivity (Wildman–Crippen MR) is 66.9 cm³/mol. The van der Waals surface area contributed by atoms with Crippen LogP contribution in [-0.4, -0.2) is 26.7 Å².